The average molecular weight is 327 g/mol. The maximum atomic E-state index is 10.7. The van der Waals surface area contributed by atoms with Crippen LogP contribution in [0.25, 0.3) is 0 Å². The second-order valence-electron chi connectivity index (χ2n) is 3.69. The van der Waals surface area contributed by atoms with E-state index in [-0.39, 0.29) is 0 Å². The molecule has 0 bridgehead atoms. The Labute approximate surface area is 117 Å². The van der Waals surface area contributed by atoms with Gasteiger partial charge in [0.2, 0.25) is 0 Å². The van der Waals surface area contributed by atoms with Gasteiger partial charge in [-0.2, -0.15) is 0 Å². The van der Waals surface area contributed by atoms with Crippen LogP contribution in [0, 0.1) is 0 Å². The Morgan fingerprint density at radius 3 is 2.78 bits per heavy atom. The third-order valence-electron chi connectivity index (χ3n) is 2.27. The summed E-state index contributed by atoms with van der Waals surface area (Å²) in [5.41, 5.74) is 1.08. The zero-order chi connectivity index (χ0) is 13.0. The van der Waals surface area contributed by atoms with E-state index in [1.165, 1.54) is 11.3 Å². The number of benzene rings is 1. The first kappa shape index (κ1) is 13.3. The predicted octanol–water partition coefficient (Wildman–Crippen LogP) is 3.93. The van der Waals surface area contributed by atoms with E-state index in [1.54, 1.807) is 12.1 Å². The van der Waals surface area contributed by atoms with Gasteiger partial charge in [0.15, 0.2) is 0 Å². The molecule has 0 spiro atoms. The Morgan fingerprint density at radius 2 is 2.11 bits per heavy atom. The van der Waals surface area contributed by atoms with Crippen molar-refractivity contribution >= 4 is 33.2 Å². The Morgan fingerprint density at radius 1 is 1.28 bits per heavy atom. The summed E-state index contributed by atoms with van der Waals surface area (Å²) in [6, 6.07) is 11.3. The molecule has 5 heteroatoms. The van der Waals surface area contributed by atoms with Crippen molar-refractivity contribution in [1.29, 1.82) is 0 Å². The van der Waals surface area contributed by atoms with Crippen LogP contribution in [-0.4, -0.2) is 11.1 Å². The standard InChI is InChI=1S/C13H11BrO3S/c14-10-3-1-2-9(6-10)7-17-8-11-4-5-12(18-11)13(15)16/h1-6H,7-8H2,(H,15,16). The highest BCUT2D eigenvalue weighted by Crippen LogP contribution is 2.18. The molecule has 0 aliphatic heterocycles. The third kappa shape index (κ3) is 3.66. The Balaban J connectivity index is 1.86. The molecule has 18 heavy (non-hydrogen) atoms. The van der Waals surface area contributed by atoms with Gasteiger partial charge in [-0.15, -0.1) is 11.3 Å². The Hall–Kier alpha value is -1.17. The van der Waals surface area contributed by atoms with Crippen LogP contribution >= 0.6 is 27.3 Å². The van der Waals surface area contributed by atoms with Gasteiger partial charge in [0.1, 0.15) is 4.88 Å². The fourth-order valence-corrected chi connectivity index (χ4v) is 2.70. The molecule has 2 aromatic rings. The number of hydrogen-bond donors (Lipinski definition) is 1. The van der Waals surface area contributed by atoms with Crippen LogP contribution in [0.2, 0.25) is 0 Å². The van der Waals surface area contributed by atoms with E-state index in [9.17, 15) is 4.79 Å². The number of carbonyl (C=O) groups is 1. The fourth-order valence-electron chi connectivity index (χ4n) is 1.47. The molecule has 1 N–H and O–H groups in total. The predicted molar refractivity (Wildman–Crippen MR) is 73.9 cm³/mol. The molecule has 0 saturated heterocycles. The smallest absolute Gasteiger partial charge is 0.345 e. The highest BCUT2D eigenvalue weighted by Gasteiger charge is 2.06. The van der Waals surface area contributed by atoms with Gasteiger partial charge in [-0.05, 0) is 29.8 Å². The lowest BCUT2D eigenvalue weighted by molar-refractivity contribution is 0.0702. The maximum absolute atomic E-state index is 10.7. The van der Waals surface area contributed by atoms with Crippen molar-refractivity contribution in [2.24, 2.45) is 0 Å². The molecule has 1 aromatic heterocycles. The quantitative estimate of drug-likeness (QED) is 0.905. The van der Waals surface area contributed by atoms with Crippen LogP contribution in [0.5, 0.6) is 0 Å². The van der Waals surface area contributed by atoms with Crippen molar-refractivity contribution in [3.8, 4) is 0 Å². The van der Waals surface area contributed by atoms with Crippen molar-refractivity contribution in [2.45, 2.75) is 13.2 Å². The number of ether oxygens (including phenoxy) is 1. The Kier molecular flexibility index (Phi) is 4.52. The molecular weight excluding hydrogens is 316 g/mol. The summed E-state index contributed by atoms with van der Waals surface area (Å²) in [6.45, 7) is 0.949. The van der Waals surface area contributed by atoms with E-state index in [1.807, 2.05) is 24.3 Å². The van der Waals surface area contributed by atoms with Crippen LogP contribution in [0.4, 0.5) is 0 Å². The second kappa shape index (κ2) is 6.13. The number of carboxylic acids is 1. The molecule has 2 rings (SSSR count). The molecule has 0 fully saturated rings. The summed E-state index contributed by atoms with van der Waals surface area (Å²) in [5, 5.41) is 8.80. The van der Waals surface area contributed by atoms with E-state index in [4.69, 9.17) is 9.84 Å². The van der Waals surface area contributed by atoms with Gasteiger partial charge in [-0.25, -0.2) is 4.79 Å². The van der Waals surface area contributed by atoms with Gasteiger partial charge in [-0.1, -0.05) is 28.1 Å². The first-order valence-corrected chi connectivity index (χ1v) is 6.90. The van der Waals surface area contributed by atoms with Crippen molar-refractivity contribution in [2.75, 3.05) is 0 Å². The number of aromatic carboxylic acids is 1. The van der Waals surface area contributed by atoms with E-state index in [2.05, 4.69) is 15.9 Å². The summed E-state index contributed by atoms with van der Waals surface area (Å²) in [5.74, 6) is -0.891. The van der Waals surface area contributed by atoms with Crippen LogP contribution in [0.1, 0.15) is 20.1 Å². The van der Waals surface area contributed by atoms with Crippen molar-refractivity contribution in [3.63, 3.8) is 0 Å². The summed E-state index contributed by atoms with van der Waals surface area (Å²) < 4.78 is 6.57. The molecule has 0 amide bonds. The zero-order valence-corrected chi connectivity index (χ0v) is 11.8. The average Bonchev–Trinajstić information content (AvgIpc) is 2.78. The number of thiophene rings is 1. The lowest BCUT2D eigenvalue weighted by Crippen LogP contribution is -1.92. The lowest BCUT2D eigenvalue weighted by Gasteiger charge is -2.03. The minimum Gasteiger partial charge on any atom is -0.477 e. The van der Waals surface area contributed by atoms with Crippen LogP contribution in [0.3, 0.4) is 0 Å². The molecule has 0 aliphatic rings. The second-order valence-corrected chi connectivity index (χ2v) is 5.78. The number of rotatable bonds is 5. The van der Waals surface area contributed by atoms with Crippen LogP contribution in [0.15, 0.2) is 40.9 Å². The lowest BCUT2D eigenvalue weighted by atomic mass is 10.2. The summed E-state index contributed by atoms with van der Waals surface area (Å²) in [6.07, 6.45) is 0. The molecule has 0 unspecified atom stereocenters. The molecule has 94 valence electrons. The molecular formula is C13H11BrO3S. The van der Waals surface area contributed by atoms with Gasteiger partial charge in [-0.3, -0.25) is 0 Å². The zero-order valence-electron chi connectivity index (χ0n) is 9.43. The van der Waals surface area contributed by atoms with Gasteiger partial charge in [0, 0.05) is 9.35 Å². The Bertz CT molecular complexity index is 551. The highest BCUT2D eigenvalue weighted by atomic mass is 79.9. The van der Waals surface area contributed by atoms with Crippen LogP contribution < -0.4 is 0 Å². The maximum Gasteiger partial charge on any atom is 0.345 e. The van der Waals surface area contributed by atoms with E-state index >= 15 is 0 Å². The monoisotopic (exact) mass is 326 g/mol. The SMILES string of the molecule is O=C(O)c1ccc(COCc2cccc(Br)c2)s1. The molecule has 0 atom stereocenters. The highest BCUT2D eigenvalue weighted by molar-refractivity contribution is 9.10. The summed E-state index contributed by atoms with van der Waals surface area (Å²) in [4.78, 5) is 12.0. The normalized spacial score (nSPS) is 10.5. The minimum atomic E-state index is -0.891. The van der Waals surface area contributed by atoms with Gasteiger partial charge in [0.25, 0.3) is 0 Å². The van der Waals surface area contributed by atoms with Crippen LogP contribution in [-0.2, 0) is 18.0 Å². The molecule has 1 aromatic carbocycles. The van der Waals surface area contributed by atoms with Gasteiger partial charge < -0.3 is 9.84 Å². The summed E-state index contributed by atoms with van der Waals surface area (Å²) in [7, 11) is 0. The first-order valence-electron chi connectivity index (χ1n) is 5.29. The van der Waals surface area contributed by atoms with Gasteiger partial charge >= 0.3 is 5.97 Å². The van der Waals surface area contributed by atoms with E-state index < -0.39 is 5.97 Å². The first-order chi connectivity index (χ1) is 8.65. The summed E-state index contributed by atoms with van der Waals surface area (Å²) >= 11 is 4.64. The topological polar surface area (TPSA) is 46.5 Å². The molecule has 0 aliphatic carbocycles. The van der Waals surface area contributed by atoms with Gasteiger partial charge in [0.05, 0.1) is 13.2 Å². The number of hydrogen-bond acceptors (Lipinski definition) is 3. The molecule has 1 heterocycles. The van der Waals surface area contributed by atoms with Crippen molar-refractivity contribution in [1.82, 2.24) is 0 Å². The fraction of sp³-hybridized carbons (Fsp3) is 0.154. The molecule has 3 nitrogen and oxygen atoms in total. The van der Waals surface area contributed by atoms with Crippen molar-refractivity contribution < 1.29 is 14.6 Å². The molecule has 0 radical (unpaired) electrons. The largest absolute Gasteiger partial charge is 0.477 e. The van der Waals surface area contributed by atoms with E-state index in [0.717, 1.165) is 14.9 Å². The van der Waals surface area contributed by atoms with Crippen molar-refractivity contribution in [3.05, 3.63) is 56.2 Å². The molecule has 0 saturated carbocycles. The number of halogens is 1. The number of carboxylic acid groups (broad SMARTS) is 1. The van der Waals surface area contributed by atoms with E-state index in [0.29, 0.717) is 18.1 Å². The minimum absolute atomic E-state index is 0.344. The third-order valence-corrected chi connectivity index (χ3v) is 3.81.